The summed E-state index contributed by atoms with van der Waals surface area (Å²) in [6.45, 7) is 3.76. The summed E-state index contributed by atoms with van der Waals surface area (Å²) in [4.78, 5) is 10.3. The third-order valence-electron chi connectivity index (χ3n) is 2.15. The van der Waals surface area contributed by atoms with E-state index in [2.05, 4.69) is 0 Å². The highest BCUT2D eigenvalue weighted by atomic mass is 16.4. The van der Waals surface area contributed by atoms with Gasteiger partial charge in [0.1, 0.15) is 0 Å². The number of hydrogen-bond donors (Lipinski definition) is 1. The Kier molecular flexibility index (Phi) is 0.872. The molecule has 0 saturated heterocycles. The molecule has 2 heteroatoms. The third-order valence-corrected chi connectivity index (χ3v) is 2.15. The standard InChI is InChI=1S/C6H10O2/c1-4-3-6(4,2)5(7)8/h4H,3H2,1-2H3,(H,7,8)/t4-,6-/m0/s1. The Bertz CT molecular complexity index is 130. The van der Waals surface area contributed by atoms with Crippen molar-refractivity contribution in [1.29, 1.82) is 0 Å². The average molecular weight is 114 g/mol. The zero-order valence-corrected chi connectivity index (χ0v) is 5.14. The van der Waals surface area contributed by atoms with Crippen molar-refractivity contribution >= 4 is 5.97 Å². The minimum Gasteiger partial charge on any atom is -0.481 e. The first-order valence-electron chi connectivity index (χ1n) is 2.81. The first-order valence-corrected chi connectivity index (χ1v) is 2.81. The molecular weight excluding hydrogens is 104 g/mol. The lowest BCUT2D eigenvalue weighted by atomic mass is 10.1. The fourth-order valence-corrected chi connectivity index (χ4v) is 0.875. The zero-order valence-electron chi connectivity index (χ0n) is 5.14. The molecule has 0 aromatic carbocycles. The van der Waals surface area contributed by atoms with Gasteiger partial charge < -0.3 is 5.11 Å². The van der Waals surface area contributed by atoms with Crippen LogP contribution in [0.1, 0.15) is 20.3 Å². The summed E-state index contributed by atoms with van der Waals surface area (Å²) in [6.07, 6.45) is 0.850. The minimum absolute atomic E-state index is 0.375. The maximum Gasteiger partial charge on any atom is 0.309 e. The van der Waals surface area contributed by atoms with Gasteiger partial charge in [-0.05, 0) is 19.3 Å². The van der Waals surface area contributed by atoms with Crippen LogP contribution in [0.3, 0.4) is 0 Å². The fraction of sp³-hybridized carbons (Fsp3) is 0.833. The van der Waals surface area contributed by atoms with Crippen molar-refractivity contribution in [2.45, 2.75) is 20.3 Å². The predicted molar refractivity (Wildman–Crippen MR) is 29.5 cm³/mol. The number of carbonyl (C=O) groups is 1. The van der Waals surface area contributed by atoms with E-state index in [-0.39, 0.29) is 5.41 Å². The Hall–Kier alpha value is -0.530. The molecule has 0 aromatic rings. The Morgan fingerprint density at radius 2 is 2.25 bits per heavy atom. The summed E-state index contributed by atoms with van der Waals surface area (Å²) in [6, 6.07) is 0. The summed E-state index contributed by atoms with van der Waals surface area (Å²) in [7, 11) is 0. The number of aliphatic carboxylic acids is 1. The number of hydrogen-bond acceptors (Lipinski definition) is 1. The first kappa shape index (κ1) is 5.60. The van der Waals surface area contributed by atoms with Gasteiger partial charge in [-0.3, -0.25) is 4.79 Å². The van der Waals surface area contributed by atoms with Crippen LogP contribution in [0.15, 0.2) is 0 Å². The largest absolute Gasteiger partial charge is 0.481 e. The van der Waals surface area contributed by atoms with Crippen LogP contribution >= 0.6 is 0 Å². The summed E-state index contributed by atoms with van der Waals surface area (Å²) in [5.41, 5.74) is -0.375. The first-order chi connectivity index (χ1) is 3.57. The molecule has 0 bridgehead atoms. The van der Waals surface area contributed by atoms with Gasteiger partial charge in [-0.2, -0.15) is 0 Å². The van der Waals surface area contributed by atoms with E-state index in [0.717, 1.165) is 6.42 Å². The second kappa shape index (κ2) is 1.24. The molecule has 1 aliphatic carbocycles. The molecule has 2 nitrogen and oxygen atoms in total. The van der Waals surface area contributed by atoms with Crippen LogP contribution in [0.5, 0.6) is 0 Å². The Morgan fingerprint density at radius 3 is 2.25 bits per heavy atom. The quantitative estimate of drug-likeness (QED) is 0.554. The van der Waals surface area contributed by atoms with Crippen molar-refractivity contribution < 1.29 is 9.90 Å². The molecule has 0 heterocycles. The summed E-state index contributed by atoms with van der Waals surface area (Å²) >= 11 is 0. The molecule has 0 spiro atoms. The van der Waals surface area contributed by atoms with Gasteiger partial charge in [0.05, 0.1) is 5.41 Å². The van der Waals surface area contributed by atoms with Gasteiger partial charge in [-0.15, -0.1) is 0 Å². The highest BCUT2D eigenvalue weighted by molar-refractivity contribution is 5.77. The van der Waals surface area contributed by atoms with E-state index in [1.165, 1.54) is 0 Å². The highest BCUT2D eigenvalue weighted by Gasteiger charge is 2.53. The molecule has 0 unspecified atom stereocenters. The van der Waals surface area contributed by atoms with Crippen LogP contribution in [0, 0.1) is 11.3 Å². The summed E-state index contributed by atoms with van der Waals surface area (Å²) in [5, 5.41) is 8.48. The smallest absolute Gasteiger partial charge is 0.309 e. The van der Waals surface area contributed by atoms with Gasteiger partial charge in [-0.25, -0.2) is 0 Å². The Balaban J connectivity index is 2.60. The van der Waals surface area contributed by atoms with Crippen LogP contribution in [0.4, 0.5) is 0 Å². The van der Waals surface area contributed by atoms with Crippen molar-refractivity contribution in [1.82, 2.24) is 0 Å². The van der Waals surface area contributed by atoms with Crippen LogP contribution in [0.2, 0.25) is 0 Å². The molecule has 1 rings (SSSR count). The summed E-state index contributed by atoms with van der Waals surface area (Å²) < 4.78 is 0. The maximum atomic E-state index is 10.3. The summed E-state index contributed by atoms with van der Waals surface area (Å²) in [5.74, 6) is -0.259. The number of carboxylic acids is 1. The lowest BCUT2D eigenvalue weighted by Crippen LogP contribution is -2.11. The average Bonchev–Trinajstić information content (AvgIpc) is 2.17. The molecule has 0 amide bonds. The lowest BCUT2D eigenvalue weighted by Gasteiger charge is -1.98. The molecule has 1 aliphatic rings. The molecule has 0 aliphatic heterocycles. The molecule has 1 fully saturated rings. The van der Waals surface area contributed by atoms with Gasteiger partial charge in [0.2, 0.25) is 0 Å². The number of carboxylic acid groups (broad SMARTS) is 1. The van der Waals surface area contributed by atoms with Crippen molar-refractivity contribution in [3.05, 3.63) is 0 Å². The molecule has 1 N–H and O–H groups in total. The minimum atomic E-state index is -0.648. The molecule has 1 saturated carbocycles. The normalized spacial score (nSPS) is 44.0. The second-order valence-corrected chi connectivity index (χ2v) is 2.83. The molecule has 8 heavy (non-hydrogen) atoms. The molecule has 0 aromatic heterocycles. The monoisotopic (exact) mass is 114 g/mol. The Labute approximate surface area is 48.5 Å². The van der Waals surface area contributed by atoms with E-state index in [9.17, 15) is 4.79 Å². The van der Waals surface area contributed by atoms with Crippen molar-refractivity contribution in [2.75, 3.05) is 0 Å². The SMILES string of the molecule is C[C@H]1C[C@]1(C)C(=O)O. The third kappa shape index (κ3) is 0.522. The van der Waals surface area contributed by atoms with Crippen molar-refractivity contribution in [3.8, 4) is 0 Å². The van der Waals surface area contributed by atoms with Gasteiger partial charge in [-0.1, -0.05) is 6.92 Å². The zero-order chi connectivity index (χ0) is 6.36. The van der Waals surface area contributed by atoms with E-state index in [4.69, 9.17) is 5.11 Å². The van der Waals surface area contributed by atoms with Crippen LogP contribution in [-0.4, -0.2) is 11.1 Å². The maximum absolute atomic E-state index is 10.3. The van der Waals surface area contributed by atoms with E-state index in [1.807, 2.05) is 6.92 Å². The lowest BCUT2D eigenvalue weighted by molar-refractivity contribution is -0.143. The van der Waals surface area contributed by atoms with Crippen molar-refractivity contribution in [3.63, 3.8) is 0 Å². The van der Waals surface area contributed by atoms with Crippen LogP contribution in [-0.2, 0) is 4.79 Å². The van der Waals surface area contributed by atoms with E-state index >= 15 is 0 Å². The van der Waals surface area contributed by atoms with Gasteiger partial charge in [0.25, 0.3) is 0 Å². The van der Waals surface area contributed by atoms with Gasteiger partial charge >= 0.3 is 5.97 Å². The van der Waals surface area contributed by atoms with Crippen molar-refractivity contribution in [2.24, 2.45) is 11.3 Å². The highest BCUT2D eigenvalue weighted by Crippen LogP contribution is 2.51. The van der Waals surface area contributed by atoms with E-state index in [1.54, 1.807) is 6.92 Å². The van der Waals surface area contributed by atoms with Crippen LogP contribution < -0.4 is 0 Å². The van der Waals surface area contributed by atoms with E-state index in [0.29, 0.717) is 5.92 Å². The molecule has 2 atom stereocenters. The number of rotatable bonds is 1. The van der Waals surface area contributed by atoms with Crippen LogP contribution in [0.25, 0.3) is 0 Å². The fourth-order valence-electron chi connectivity index (χ4n) is 0.875. The predicted octanol–water partition coefficient (Wildman–Crippen LogP) is 1.12. The van der Waals surface area contributed by atoms with Gasteiger partial charge in [0, 0.05) is 0 Å². The second-order valence-electron chi connectivity index (χ2n) is 2.83. The molecular formula is C6H10O2. The molecule has 0 radical (unpaired) electrons. The van der Waals surface area contributed by atoms with E-state index < -0.39 is 5.97 Å². The van der Waals surface area contributed by atoms with Gasteiger partial charge in [0.15, 0.2) is 0 Å². The Morgan fingerprint density at radius 1 is 1.88 bits per heavy atom. The molecule has 46 valence electrons. The topological polar surface area (TPSA) is 37.3 Å².